The summed E-state index contributed by atoms with van der Waals surface area (Å²) in [7, 11) is -3.74. The van der Waals surface area contributed by atoms with Gasteiger partial charge in [0.2, 0.25) is 15.9 Å². The molecule has 0 heterocycles. The zero-order chi connectivity index (χ0) is 17.6. The van der Waals surface area contributed by atoms with Gasteiger partial charge in [-0.1, -0.05) is 47.5 Å². The normalized spacial score (nSPS) is 11.2. The van der Waals surface area contributed by atoms with Crippen LogP contribution in [0.1, 0.15) is 12.0 Å². The summed E-state index contributed by atoms with van der Waals surface area (Å²) < 4.78 is 26.6. The highest BCUT2D eigenvalue weighted by Gasteiger charge is 2.17. The molecule has 0 bridgehead atoms. The number of sulfonamides is 1. The van der Waals surface area contributed by atoms with Crippen LogP contribution < -0.4 is 10.0 Å². The third-order valence-electron chi connectivity index (χ3n) is 3.17. The monoisotopic (exact) mass is 386 g/mol. The molecule has 0 saturated heterocycles. The van der Waals surface area contributed by atoms with Gasteiger partial charge in [-0.2, -0.15) is 0 Å². The Labute approximate surface area is 151 Å². The van der Waals surface area contributed by atoms with Crippen molar-refractivity contribution in [2.75, 3.05) is 6.54 Å². The predicted molar refractivity (Wildman–Crippen MR) is 94.6 cm³/mol. The average Bonchev–Trinajstić information content (AvgIpc) is 2.54. The Balaban J connectivity index is 1.80. The van der Waals surface area contributed by atoms with Crippen LogP contribution in [0.3, 0.4) is 0 Å². The Bertz CT molecular complexity index is 808. The first-order valence-corrected chi connectivity index (χ1v) is 9.38. The second-order valence-corrected chi connectivity index (χ2v) is 7.56. The SMILES string of the molecule is O=C(CCNS(=O)(=O)c1ccccc1Cl)NCc1ccc(Cl)cc1. The van der Waals surface area contributed by atoms with Crippen LogP contribution in [-0.4, -0.2) is 20.9 Å². The van der Waals surface area contributed by atoms with Crippen LogP contribution in [0.4, 0.5) is 0 Å². The number of benzene rings is 2. The van der Waals surface area contributed by atoms with E-state index in [0.717, 1.165) is 5.56 Å². The van der Waals surface area contributed by atoms with Gasteiger partial charge in [0, 0.05) is 24.5 Å². The molecule has 2 aromatic rings. The average molecular weight is 387 g/mol. The second-order valence-electron chi connectivity index (χ2n) is 4.98. The van der Waals surface area contributed by atoms with Crippen LogP contribution in [0.25, 0.3) is 0 Å². The van der Waals surface area contributed by atoms with Gasteiger partial charge < -0.3 is 5.32 Å². The van der Waals surface area contributed by atoms with Crippen molar-refractivity contribution >= 4 is 39.1 Å². The largest absolute Gasteiger partial charge is 0.352 e. The van der Waals surface area contributed by atoms with E-state index in [1.165, 1.54) is 12.1 Å². The Morgan fingerprint density at radius 3 is 2.33 bits per heavy atom. The smallest absolute Gasteiger partial charge is 0.242 e. The van der Waals surface area contributed by atoms with Crippen molar-refractivity contribution in [3.05, 3.63) is 64.1 Å². The summed E-state index contributed by atoms with van der Waals surface area (Å²) in [6.45, 7) is 0.341. The highest BCUT2D eigenvalue weighted by Crippen LogP contribution is 2.19. The highest BCUT2D eigenvalue weighted by atomic mass is 35.5. The van der Waals surface area contributed by atoms with Gasteiger partial charge in [0.15, 0.2) is 0 Å². The fourth-order valence-corrected chi connectivity index (χ4v) is 3.61. The van der Waals surface area contributed by atoms with E-state index >= 15 is 0 Å². The van der Waals surface area contributed by atoms with E-state index in [9.17, 15) is 13.2 Å². The van der Waals surface area contributed by atoms with Gasteiger partial charge in [-0.25, -0.2) is 13.1 Å². The standard InChI is InChI=1S/C16H16Cl2N2O3S/c17-13-7-5-12(6-8-13)11-19-16(21)9-10-20-24(22,23)15-4-2-1-3-14(15)18/h1-8,20H,9-11H2,(H,19,21). The molecule has 0 atom stereocenters. The topological polar surface area (TPSA) is 75.3 Å². The Morgan fingerprint density at radius 2 is 1.67 bits per heavy atom. The maximum absolute atomic E-state index is 12.1. The molecule has 2 N–H and O–H groups in total. The summed E-state index contributed by atoms with van der Waals surface area (Å²) in [6.07, 6.45) is 0.0251. The molecule has 8 heteroatoms. The minimum absolute atomic E-state index is 0.00626. The third-order valence-corrected chi connectivity index (χ3v) is 5.39. The lowest BCUT2D eigenvalue weighted by Crippen LogP contribution is -2.30. The Morgan fingerprint density at radius 1 is 1.00 bits per heavy atom. The Kier molecular flexibility index (Phi) is 6.62. The highest BCUT2D eigenvalue weighted by molar-refractivity contribution is 7.89. The van der Waals surface area contributed by atoms with Crippen molar-refractivity contribution in [1.29, 1.82) is 0 Å². The van der Waals surface area contributed by atoms with E-state index in [1.54, 1.807) is 24.3 Å². The second kappa shape index (κ2) is 8.48. The molecular formula is C16H16Cl2N2O3S. The third kappa shape index (κ3) is 5.49. The first-order valence-electron chi connectivity index (χ1n) is 7.14. The van der Waals surface area contributed by atoms with Gasteiger partial charge in [0.25, 0.3) is 0 Å². The summed E-state index contributed by atoms with van der Waals surface area (Å²) in [5.41, 5.74) is 0.907. The van der Waals surface area contributed by atoms with Crippen molar-refractivity contribution in [3.8, 4) is 0 Å². The maximum atomic E-state index is 12.1. The summed E-state index contributed by atoms with van der Waals surface area (Å²) in [5.74, 6) is -0.258. The molecule has 0 aromatic heterocycles. The fraction of sp³-hybridized carbons (Fsp3) is 0.188. The van der Waals surface area contributed by atoms with Gasteiger partial charge in [-0.15, -0.1) is 0 Å². The molecule has 0 unspecified atom stereocenters. The zero-order valence-electron chi connectivity index (χ0n) is 12.6. The molecular weight excluding hydrogens is 371 g/mol. The number of hydrogen-bond donors (Lipinski definition) is 2. The van der Waals surface area contributed by atoms with Gasteiger partial charge in [0.05, 0.1) is 5.02 Å². The van der Waals surface area contributed by atoms with Crippen LogP contribution in [-0.2, 0) is 21.4 Å². The molecule has 0 fully saturated rings. The summed E-state index contributed by atoms with van der Waals surface area (Å²) in [4.78, 5) is 11.8. The quantitative estimate of drug-likeness (QED) is 0.767. The predicted octanol–water partition coefficient (Wildman–Crippen LogP) is 2.98. The first-order chi connectivity index (χ1) is 11.4. The molecule has 5 nitrogen and oxygen atoms in total. The number of halogens is 2. The summed E-state index contributed by atoms with van der Waals surface area (Å²) in [6, 6.07) is 13.2. The number of hydrogen-bond acceptors (Lipinski definition) is 3. The van der Waals surface area contributed by atoms with Crippen LogP contribution in [0.2, 0.25) is 10.0 Å². The van der Waals surface area contributed by atoms with Crippen molar-refractivity contribution in [2.24, 2.45) is 0 Å². The number of carbonyl (C=O) groups excluding carboxylic acids is 1. The molecule has 128 valence electrons. The minimum atomic E-state index is -3.74. The number of rotatable bonds is 7. The number of nitrogens with one attached hydrogen (secondary N) is 2. The van der Waals surface area contributed by atoms with Crippen molar-refractivity contribution in [3.63, 3.8) is 0 Å². The summed E-state index contributed by atoms with van der Waals surface area (Å²) in [5, 5.41) is 3.47. The van der Waals surface area contributed by atoms with Gasteiger partial charge in [0.1, 0.15) is 4.90 Å². The van der Waals surface area contributed by atoms with Crippen LogP contribution in [0, 0.1) is 0 Å². The molecule has 2 rings (SSSR count). The molecule has 0 aliphatic heterocycles. The molecule has 1 amide bonds. The van der Waals surface area contributed by atoms with Crippen LogP contribution in [0.15, 0.2) is 53.4 Å². The lowest BCUT2D eigenvalue weighted by Gasteiger charge is -2.09. The molecule has 0 spiro atoms. The molecule has 2 aromatic carbocycles. The Hall–Kier alpha value is -1.60. The van der Waals surface area contributed by atoms with Crippen LogP contribution in [0.5, 0.6) is 0 Å². The van der Waals surface area contributed by atoms with Crippen molar-refractivity contribution in [1.82, 2.24) is 10.0 Å². The summed E-state index contributed by atoms with van der Waals surface area (Å²) >= 11 is 11.7. The lowest BCUT2D eigenvalue weighted by atomic mass is 10.2. The number of amides is 1. The van der Waals surface area contributed by atoms with E-state index in [0.29, 0.717) is 11.6 Å². The van der Waals surface area contributed by atoms with Gasteiger partial charge >= 0.3 is 0 Å². The van der Waals surface area contributed by atoms with Gasteiger partial charge in [-0.3, -0.25) is 4.79 Å². The first kappa shape index (κ1) is 18.7. The maximum Gasteiger partial charge on any atom is 0.242 e. The molecule has 0 saturated carbocycles. The van der Waals surface area contributed by atoms with E-state index in [-0.39, 0.29) is 28.8 Å². The van der Waals surface area contributed by atoms with E-state index in [2.05, 4.69) is 10.0 Å². The molecule has 0 aliphatic carbocycles. The molecule has 24 heavy (non-hydrogen) atoms. The van der Waals surface area contributed by atoms with Crippen molar-refractivity contribution < 1.29 is 13.2 Å². The minimum Gasteiger partial charge on any atom is -0.352 e. The fourth-order valence-electron chi connectivity index (χ4n) is 1.93. The zero-order valence-corrected chi connectivity index (χ0v) is 15.0. The lowest BCUT2D eigenvalue weighted by molar-refractivity contribution is -0.121. The van der Waals surface area contributed by atoms with E-state index < -0.39 is 10.0 Å². The van der Waals surface area contributed by atoms with Crippen LogP contribution >= 0.6 is 23.2 Å². The van der Waals surface area contributed by atoms with E-state index in [1.807, 2.05) is 12.1 Å². The molecule has 0 radical (unpaired) electrons. The van der Waals surface area contributed by atoms with Crippen molar-refractivity contribution in [2.45, 2.75) is 17.9 Å². The number of carbonyl (C=O) groups is 1. The van der Waals surface area contributed by atoms with E-state index in [4.69, 9.17) is 23.2 Å². The van der Waals surface area contributed by atoms with Gasteiger partial charge in [-0.05, 0) is 29.8 Å². The molecule has 0 aliphatic rings.